The molecule has 0 saturated carbocycles. The Balaban J connectivity index is 2.61. The number of methoxy groups -OCH3 is 1. The van der Waals surface area contributed by atoms with Crippen LogP contribution in [0.2, 0.25) is 0 Å². The maximum atomic E-state index is 12.9. The summed E-state index contributed by atoms with van der Waals surface area (Å²) in [6.07, 6.45) is 0.00866. The van der Waals surface area contributed by atoms with Crippen molar-refractivity contribution in [3.8, 4) is 0 Å². The van der Waals surface area contributed by atoms with Crippen LogP contribution < -0.4 is 4.72 Å². The Morgan fingerprint density at radius 2 is 1.84 bits per heavy atom. The number of carbonyl (C=O) groups is 1. The van der Waals surface area contributed by atoms with E-state index in [0.29, 0.717) is 6.07 Å². The van der Waals surface area contributed by atoms with Gasteiger partial charge >= 0.3 is 5.97 Å². The number of benzene rings is 1. The van der Waals surface area contributed by atoms with E-state index in [1.807, 2.05) is 4.72 Å². The van der Waals surface area contributed by atoms with E-state index in [4.69, 9.17) is 0 Å². The van der Waals surface area contributed by atoms with E-state index in [9.17, 15) is 22.0 Å². The quantitative estimate of drug-likeness (QED) is 0.810. The molecule has 0 bridgehead atoms. The number of hydrogen-bond donors (Lipinski definition) is 1. The third-order valence-electron chi connectivity index (χ3n) is 2.16. The average molecular weight is 293 g/mol. The summed E-state index contributed by atoms with van der Waals surface area (Å²) >= 11 is 0. The second kappa shape index (κ2) is 6.46. The predicted molar refractivity (Wildman–Crippen MR) is 65.0 cm³/mol. The van der Waals surface area contributed by atoms with Gasteiger partial charge < -0.3 is 4.74 Å². The molecule has 0 saturated heterocycles. The molecule has 0 radical (unpaired) electrons. The number of rotatable bonds is 6. The minimum atomic E-state index is -3.76. The van der Waals surface area contributed by atoms with Crippen LogP contribution in [-0.4, -0.2) is 27.2 Å². The van der Waals surface area contributed by atoms with Crippen molar-refractivity contribution < 1.29 is 26.7 Å². The van der Waals surface area contributed by atoms with Gasteiger partial charge in [0.05, 0.1) is 18.6 Å². The largest absolute Gasteiger partial charge is 0.469 e. The molecule has 0 heterocycles. The number of halogens is 2. The fourth-order valence-corrected chi connectivity index (χ4v) is 2.46. The molecule has 1 aromatic carbocycles. The average Bonchev–Trinajstić information content (AvgIpc) is 2.26. The smallest absolute Gasteiger partial charge is 0.305 e. The fourth-order valence-electron chi connectivity index (χ4n) is 1.35. The summed E-state index contributed by atoms with van der Waals surface area (Å²) in [7, 11) is -2.56. The van der Waals surface area contributed by atoms with E-state index in [1.165, 1.54) is 7.11 Å². The zero-order valence-electron chi connectivity index (χ0n) is 10.2. The Labute approximate surface area is 109 Å². The molecule has 19 heavy (non-hydrogen) atoms. The molecule has 106 valence electrons. The SMILES string of the molecule is COC(=O)CCCS(=O)(=O)Nc1cc(F)cc(F)c1. The minimum Gasteiger partial charge on any atom is -0.469 e. The standard InChI is InChI=1S/C11H13F2NO4S/c1-18-11(15)3-2-4-19(16,17)14-10-6-8(12)5-9(13)7-10/h5-7,14H,2-4H2,1H3. The molecule has 1 aromatic rings. The van der Waals surface area contributed by atoms with E-state index in [1.54, 1.807) is 0 Å². The van der Waals surface area contributed by atoms with Crippen LogP contribution in [0.5, 0.6) is 0 Å². The first-order valence-corrected chi connectivity index (χ1v) is 7.01. The third-order valence-corrected chi connectivity index (χ3v) is 3.53. The van der Waals surface area contributed by atoms with Gasteiger partial charge in [-0.05, 0) is 18.6 Å². The highest BCUT2D eigenvalue weighted by atomic mass is 32.2. The lowest BCUT2D eigenvalue weighted by Gasteiger charge is -2.07. The highest BCUT2D eigenvalue weighted by molar-refractivity contribution is 7.92. The summed E-state index contributed by atoms with van der Waals surface area (Å²) in [6, 6.07) is 2.36. The maximum Gasteiger partial charge on any atom is 0.305 e. The molecule has 0 amide bonds. The van der Waals surface area contributed by atoms with E-state index in [-0.39, 0.29) is 24.3 Å². The predicted octanol–water partition coefficient (Wildman–Crippen LogP) is 1.66. The molecule has 0 aliphatic heterocycles. The minimum absolute atomic E-state index is 0.0467. The van der Waals surface area contributed by atoms with Gasteiger partial charge in [-0.2, -0.15) is 0 Å². The fraction of sp³-hybridized carbons (Fsp3) is 0.364. The molecule has 0 spiro atoms. The summed E-state index contributed by atoms with van der Waals surface area (Å²) in [5.74, 6) is -2.63. The van der Waals surface area contributed by atoms with Crippen molar-refractivity contribution in [3.63, 3.8) is 0 Å². The van der Waals surface area contributed by atoms with E-state index >= 15 is 0 Å². The van der Waals surface area contributed by atoms with Gasteiger partial charge in [-0.15, -0.1) is 0 Å². The van der Waals surface area contributed by atoms with Crippen molar-refractivity contribution in [3.05, 3.63) is 29.8 Å². The lowest BCUT2D eigenvalue weighted by molar-refractivity contribution is -0.140. The Morgan fingerprint density at radius 1 is 1.26 bits per heavy atom. The zero-order chi connectivity index (χ0) is 14.5. The third kappa shape index (κ3) is 5.64. The molecular weight excluding hydrogens is 280 g/mol. The van der Waals surface area contributed by atoms with Crippen molar-refractivity contribution in [2.45, 2.75) is 12.8 Å². The highest BCUT2D eigenvalue weighted by Crippen LogP contribution is 2.14. The molecule has 0 aliphatic rings. The van der Waals surface area contributed by atoms with Crippen LogP contribution in [0.15, 0.2) is 18.2 Å². The van der Waals surface area contributed by atoms with Crippen molar-refractivity contribution >= 4 is 21.7 Å². The molecule has 0 aliphatic carbocycles. The number of esters is 1. The van der Waals surface area contributed by atoms with Gasteiger partial charge in [0.25, 0.3) is 0 Å². The number of sulfonamides is 1. The van der Waals surface area contributed by atoms with Gasteiger partial charge in [-0.3, -0.25) is 9.52 Å². The Bertz CT molecular complexity index is 540. The molecule has 0 aromatic heterocycles. The van der Waals surface area contributed by atoms with Crippen LogP contribution in [0, 0.1) is 11.6 Å². The zero-order valence-corrected chi connectivity index (χ0v) is 11.0. The van der Waals surface area contributed by atoms with Crippen LogP contribution in [0.1, 0.15) is 12.8 Å². The molecule has 5 nitrogen and oxygen atoms in total. The first-order valence-electron chi connectivity index (χ1n) is 5.36. The molecular formula is C11H13F2NO4S. The first-order chi connectivity index (χ1) is 8.82. The van der Waals surface area contributed by atoms with Crippen LogP contribution >= 0.6 is 0 Å². The molecule has 0 atom stereocenters. The van der Waals surface area contributed by atoms with E-state index < -0.39 is 27.6 Å². The van der Waals surface area contributed by atoms with Crippen LogP contribution in [0.3, 0.4) is 0 Å². The second-order valence-corrected chi connectivity index (χ2v) is 5.60. The first kappa shape index (κ1) is 15.4. The normalized spacial score (nSPS) is 11.1. The van der Waals surface area contributed by atoms with Crippen LogP contribution in [-0.2, 0) is 19.6 Å². The van der Waals surface area contributed by atoms with E-state index in [2.05, 4.69) is 4.74 Å². The Kier molecular flexibility index (Phi) is 5.22. The molecule has 0 unspecified atom stereocenters. The van der Waals surface area contributed by atoms with Crippen molar-refractivity contribution in [1.82, 2.24) is 0 Å². The number of nitrogens with one attached hydrogen (secondary N) is 1. The van der Waals surface area contributed by atoms with Gasteiger partial charge in [-0.1, -0.05) is 0 Å². The van der Waals surface area contributed by atoms with Crippen LogP contribution in [0.25, 0.3) is 0 Å². The topological polar surface area (TPSA) is 72.5 Å². The summed E-state index contributed by atoms with van der Waals surface area (Å²) in [5.41, 5.74) is -0.199. The van der Waals surface area contributed by atoms with Gasteiger partial charge in [-0.25, -0.2) is 17.2 Å². The van der Waals surface area contributed by atoms with Gasteiger partial charge in [0.15, 0.2) is 0 Å². The summed E-state index contributed by atoms with van der Waals surface area (Å²) in [6.45, 7) is 0. The van der Waals surface area contributed by atoms with Crippen LogP contribution in [0.4, 0.5) is 14.5 Å². The number of ether oxygens (including phenoxy) is 1. The number of hydrogen-bond acceptors (Lipinski definition) is 4. The summed E-state index contributed by atoms with van der Waals surface area (Å²) < 4.78 is 55.3. The molecule has 1 rings (SSSR count). The molecule has 8 heteroatoms. The Hall–Kier alpha value is -1.70. The van der Waals surface area contributed by atoms with Gasteiger partial charge in [0.1, 0.15) is 11.6 Å². The lowest BCUT2D eigenvalue weighted by atomic mass is 10.3. The highest BCUT2D eigenvalue weighted by Gasteiger charge is 2.13. The number of carbonyl (C=O) groups excluding carboxylic acids is 1. The Morgan fingerprint density at radius 3 is 2.37 bits per heavy atom. The van der Waals surface area contributed by atoms with Crippen molar-refractivity contribution in [2.75, 3.05) is 17.6 Å². The second-order valence-electron chi connectivity index (χ2n) is 3.76. The van der Waals surface area contributed by atoms with Crippen molar-refractivity contribution in [2.24, 2.45) is 0 Å². The molecule has 0 fully saturated rings. The van der Waals surface area contributed by atoms with E-state index in [0.717, 1.165) is 12.1 Å². The van der Waals surface area contributed by atoms with Gasteiger partial charge in [0.2, 0.25) is 10.0 Å². The lowest BCUT2D eigenvalue weighted by Crippen LogP contribution is -2.18. The van der Waals surface area contributed by atoms with Gasteiger partial charge in [0, 0.05) is 12.5 Å². The van der Waals surface area contributed by atoms with Crippen molar-refractivity contribution in [1.29, 1.82) is 0 Å². The summed E-state index contributed by atoms with van der Waals surface area (Å²) in [4.78, 5) is 10.8. The number of anilines is 1. The molecule has 1 N–H and O–H groups in total. The maximum absolute atomic E-state index is 12.9. The monoisotopic (exact) mass is 293 g/mol. The summed E-state index contributed by atoms with van der Waals surface area (Å²) in [5, 5.41) is 0.